The van der Waals surface area contributed by atoms with Gasteiger partial charge in [0, 0.05) is 5.69 Å². The number of carbonyl (C=O) groups excluding carboxylic acids is 2. The number of carbonyl (C=O) groups is 2. The number of amides is 1. The van der Waals surface area contributed by atoms with Crippen LogP contribution in [0.4, 0.5) is 11.4 Å². The lowest BCUT2D eigenvalue weighted by Gasteiger charge is -2.11. The molecule has 2 N–H and O–H groups in total. The van der Waals surface area contributed by atoms with Crippen molar-refractivity contribution in [3.63, 3.8) is 0 Å². The van der Waals surface area contributed by atoms with Gasteiger partial charge in [0.15, 0.2) is 0 Å². The third kappa shape index (κ3) is 5.53. The highest BCUT2D eigenvalue weighted by Crippen LogP contribution is 2.22. The summed E-state index contributed by atoms with van der Waals surface area (Å²) in [4.78, 5) is 23.8. The molecule has 0 aliphatic heterocycles. The average Bonchev–Trinajstić information content (AvgIpc) is 2.65. The molecule has 0 radical (unpaired) electrons. The third-order valence-electron chi connectivity index (χ3n) is 3.39. The summed E-state index contributed by atoms with van der Waals surface area (Å²) >= 11 is 0. The van der Waals surface area contributed by atoms with Gasteiger partial charge in [-0.1, -0.05) is 19.1 Å². The number of esters is 1. The predicted molar refractivity (Wildman–Crippen MR) is 97.1 cm³/mol. The standard InChI is InChI=1S/C19H22N2O4/c1-3-12-25-19(23)14-8-10-15(11-9-14)20-13-18(22)21-16-6-4-5-7-17(16)24-2/h4-11,20H,3,12-13H2,1-2H3,(H,21,22). The molecule has 1 amide bonds. The summed E-state index contributed by atoms with van der Waals surface area (Å²) in [5.41, 5.74) is 1.84. The molecule has 0 aromatic heterocycles. The van der Waals surface area contributed by atoms with Crippen LogP contribution in [0.15, 0.2) is 48.5 Å². The SMILES string of the molecule is CCCOC(=O)c1ccc(NCC(=O)Nc2ccccc2OC)cc1. The van der Waals surface area contributed by atoms with Crippen LogP contribution in [0.5, 0.6) is 5.75 Å². The van der Waals surface area contributed by atoms with Gasteiger partial charge in [0.25, 0.3) is 0 Å². The van der Waals surface area contributed by atoms with Crippen molar-refractivity contribution in [2.24, 2.45) is 0 Å². The Morgan fingerprint density at radius 3 is 2.44 bits per heavy atom. The van der Waals surface area contributed by atoms with E-state index in [2.05, 4.69) is 10.6 Å². The van der Waals surface area contributed by atoms with Crippen molar-refractivity contribution < 1.29 is 19.1 Å². The summed E-state index contributed by atoms with van der Waals surface area (Å²) in [5, 5.41) is 5.79. The van der Waals surface area contributed by atoms with E-state index in [1.54, 1.807) is 43.5 Å². The lowest BCUT2D eigenvalue weighted by atomic mass is 10.2. The fraction of sp³-hybridized carbons (Fsp3) is 0.263. The van der Waals surface area contributed by atoms with E-state index >= 15 is 0 Å². The summed E-state index contributed by atoms with van der Waals surface area (Å²) in [6.07, 6.45) is 0.784. The molecule has 0 saturated heterocycles. The molecule has 0 atom stereocenters. The second-order valence-electron chi connectivity index (χ2n) is 5.32. The number of ether oxygens (including phenoxy) is 2. The minimum Gasteiger partial charge on any atom is -0.495 e. The Bertz CT molecular complexity index is 714. The monoisotopic (exact) mass is 342 g/mol. The topological polar surface area (TPSA) is 76.7 Å². The van der Waals surface area contributed by atoms with E-state index in [0.717, 1.165) is 12.1 Å². The number of para-hydroxylation sites is 2. The number of nitrogens with one attached hydrogen (secondary N) is 2. The summed E-state index contributed by atoms with van der Waals surface area (Å²) in [5.74, 6) is 0.0593. The quantitative estimate of drug-likeness (QED) is 0.720. The van der Waals surface area contributed by atoms with Gasteiger partial charge in [-0.3, -0.25) is 4.79 Å². The van der Waals surface area contributed by atoms with Gasteiger partial charge in [0.05, 0.1) is 31.5 Å². The minimum atomic E-state index is -0.345. The Labute approximate surface area is 147 Å². The molecule has 2 aromatic rings. The van der Waals surface area contributed by atoms with Crippen LogP contribution in [0, 0.1) is 0 Å². The van der Waals surface area contributed by atoms with Gasteiger partial charge < -0.3 is 20.1 Å². The first kappa shape index (κ1) is 18.3. The van der Waals surface area contributed by atoms with Gasteiger partial charge in [0.1, 0.15) is 5.75 Å². The zero-order valence-electron chi connectivity index (χ0n) is 14.4. The van der Waals surface area contributed by atoms with Crippen LogP contribution in [-0.2, 0) is 9.53 Å². The molecule has 6 nitrogen and oxygen atoms in total. The van der Waals surface area contributed by atoms with Crippen molar-refractivity contribution in [2.75, 3.05) is 30.9 Å². The third-order valence-corrected chi connectivity index (χ3v) is 3.39. The van der Waals surface area contributed by atoms with Crippen molar-refractivity contribution >= 4 is 23.3 Å². The second-order valence-corrected chi connectivity index (χ2v) is 5.32. The largest absolute Gasteiger partial charge is 0.495 e. The van der Waals surface area contributed by atoms with Gasteiger partial charge in [-0.05, 0) is 42.8 Å². The molecular weight excluding hydrogens is 320 g/mol. The highest BCUT2D eigenvalue weighted by Gasteiger charge is 2.08. The zero-order chi connectivity index (χ0) is 18.1. The maximum Gasteiger partial charge on any atom is 0.338 e. The van der Waals surface area contributed by atoms with E-state index in [1.807, 2.05) is 19.1 Å². The van der Waals surface area contributed by atoms with Crippen molar-refractivity contribution in [1.29, 1.82) is 0 Å². The lowest BCUT2D eigenvalue weighted by molar-refractivity contribution is -0.114. The Kier molecular flexibility index (Phi) is 6.83. The zero-order valence-corrected chi connectivity index (χ0v) is 14.4. The van der Waals surface area contributed by atoms with Crippen LogP contribution in [0.25, 0.3) is 0 Å². The van der Waals surface area contributed by atoms with Gasteiger partial charge in [0.2, 0.25) is 5.91 Å². The summed E-state index contributed by atoms with van der Waals surface area (Å²) < 4.78 is 10.3. The minimum absolute atomic E-state index is 0.0949. The highest BCUT2D eigenvalue weighted by atomic mass is 16.5. The number of hydrogen-bond donors (Lipinski definition) is 2. The van der Waals surface area contributed by atoms with Crippen LogP contribution in [0.2, 0.25) is 0 Å². The summed E-state index contributed by atoms with van der Waals surface area (Å²) in [6.45, 7) is 2.44. The fourth-order valence-corrected chi connectivity index (χ4v) is 2.13. The molecule has 0 bridgehead atoms. The smallest absolute Gasteiger partial charge is 0.338 e. The van der Waals surface area contributed by atoms with E-state index in [0.29, 0.717) is 23.6 Å². The maximum atomic E-state index is 12.0. The van der Waals surface area contributed by atoms with E-state index in [4.69, 9.17) is 9.47 Å². The van der Waals surface area contributed by atoms with Crippen LogP contribution < -0.4 is 15.4 Å². The number of rotatable bonds is 8. The second kappa shape index (κ2) is 9.32. The average molecular weight is 342 g/mol. The number of methoxy groups -OCH3 is 1. The Morgan fingerprint density at radius 2 is 1.76 bits per heavy atom. The van der Waals surface area contributed by atoms with Gasteiger partial charge in [-0.15, -0.1) is 0 Å². The molecule has 0 aliphatic rings. The predicted octanol–water partition coefficient (Wildman–Crippen LogP) is 3.31. The molecule has 132 valence electrons. The first-order valence-corrected chi connectivity index (χ1v) is 8.08. The molecule has 2 rings (SSSR count). The maximum absolute atomic E-state index is 12.0. The summed E-state index contributed by atoms with van der Waals surface area (Å²) in [6, 6.07) is 14.0. The lowest BCUT2D eigenvalue weighted by Crippen LogP contribution is -2.22. The Hall–Kier alpha value is -3.02. The van der Waals surface area contributed by atoms with E-state index in [9.17, 15) is 9.59 Å². The van der Waals surface area contributed by atoms with Gasteiger partial charge in [-0.2, -0.15) is 0 Å². The number of hydrogen-bond acceptors (Lipinski definition) is 5. The molecular formula is C19H22N2O4. The normalized spacial score (nSPS) is 10.0. The Morgan fingerprint density at radius 1 is 1.04 bits per heavy atom. The van der Waals surface area contributed by atoms with Crippen molar-refractivity contribution in [1.82, 2.24) is 0 Å². The van der Waals surface area contributed by atoms with Crippen molar-refractivity contribution in [2.45, 2.75) is 13.3 Å². The molecule has 0 unspecified atom stereocenters. The first-order chi connectivity index (χ1) is 12.1. The molecule has 6 heteroatoms. The molecule has 2 aromatic carbocycles. The van der Waals surface area contributed by atoms with Crippen LogP contribution >= 0.6 is 0 Å². The highest BCUT2D eigenvalue weighted by molar-refractivity contribution is 5.95. The molecule has 0 spiro atoms. The van der Waals surface area contributed by atoms with Gasteiger partial charge >= 0.3 is 5.97 Å². The number of anilines is 2. The Balaban J connectivity index is 1.86. The van der Waals surface area contributed by atoms with E-state index in [-0.39, 0.29) is 18.4 Å². The van der Waals surface area contributed by atoms with Crippen LogP contribution in [-0.4, -0.2) is 32.1 Å². The van der Waals surface area contributed by atoms with Crippen molar-refractivity contribution in [3.8, 4) is 5.75 Å². The molecule has 0 fully saturated rings. The van der Waals surface area contributed by atoms with Crippen molar-refractivity contribution in [3.05, 3.63) is 54.1 Å². The number of benzene rings is 2. The first-order valence-electron chi connectivity index (χ1n) is 8.08. The van der Waals surface area contributed by atoms with E-state index < -0.39 is 0 Å². The molecule has 0 heterocycles. The van der Waals surface area contributed by atoms with Crippen LogP contribution in [0.1, 0.15) is 23.7 Å². The molecule has 25 heavy (non-hydrogen) atoms. The van der Waals surface area contributed by atoms with Crippen LogP contribution in [0.3, 0.4) is 0 Å². The molecule has 0 aliphatic carbocycles. The van der Waals surface area contributed by atoms with Gasteiger partial charge in [-0.25, -0.2) is 4.79 Å². The van der Waals surface area contributed by atoms with E-state index in [1.165, 1.54) is 0 Å². The molecule has 0 saturated carbocycles. The fourth-order valence-electron chi connectivity index (χ4n) is 2.13. The summed E-state index contributed by atoms with van der Waals surface area (Å²) in [7, 11) is 1.55.